The Morgan fingerprint density at radius 1 is 1.29 bits per heavy atom. The molecule has 0 saturated heterocycles. The fraction of sp³-hybridized carbons (Fsp3) is 0.222. The van der Waals surface area contributed by atoms with E-state index in [2.05, 4.69) is 5.10 Å². The van der Waals surface area contributed by atoms with Gasteiger partial charge in [-0.3, -0.25) is 4.79 Å². The molecule has 5 nitrogen and oxygen atoms in total. The zero-order valence-corrected chi connectivity index (χ0v) is 14.4. The number of amides is 1. The molecule has 1 unspecified atom stereocenters. The highest BCUT2D eigenvalue weighted by molar-refractivity contribution is 7.13. The number of aliphatic hydroxyl groups is 1. The Morgan fingerprint density at radius 3 is 2.67 bits per heavy atom. The minimum atomic E-state index is -0.260. The first-order chi connectivity index (χ1) is 11.6. The highest BCUT2D eigenvalue weighted by atomic mass is 32.1. The number of carbonyl (C=O) groups is 1. The molecule has 24 heavy (non-hydrogen) atoms. The molecular formula is C18H19N3O2S. The van der Waals surface area contributed by atoms with E-state index in [4.69, 9.17) is 0 Å². The summed E-state index contributed by atoms with van der Waals surface area (Å²) in [5.41, 5.74) is 2.15. The first kappa shape index (κ1) is 16.4. The van der Waals surface area contributed by atoms with Crippen LogP contribution in [0.1, 0.15) is 17.4 Å². The third-order valence-electron chi connectivity index (χ3n) is 3.95. The first-order valence-electron chi connectivity index (χ1n) is 7.69. The first-order valence-corrected chi connectivity index (χ1v) is 8.57. The molecule has 0 saturated carbocycles. The molecule has 0 fully saturated rings. The van der Waals surface area contributed by atoms with Gasteiger partial charge in [-0.2, -0.15) is 5.10 Å². The summed E-state index contributed by atoms with van der Waals surface area (Å²) in [7, 11) is 1.68. The molecule has 0 aliphatic rings. The summed E-state index contributed by atoms with van der Waals surface area (Å²) in [5.74, 6) is -0.205. The van der Waals surface area contributed by atoms with Crippen LogP contribution >= 0.6 is 11.3 Å². The summed E-state index contributed by atoms with van der Waals surface area (Å²) in [6, 6.07) is 15.3. The Hall–Kier alpha value is -2.44. The van der Waals surface area contributed by atoms with Crippen LogP contribution in [0.15, 0.2) is 53.9 Å². The van der Waals surface area contributed by atoms with Crippen LogP contribution < -0.4 is 0 Å². The molecule has 6 heteroatoms. The van der Waals surface area contributed by atoms with E-state index in [9.17, 15) is 9.90 Å². The van der Waals surface area contributed by atoms with E-state index in [-0.39, 0.29) is 18.6 Å². The van der Waals surface area contributed by atoms with Crippen molar-refractivity contribution in [2.75, 3.05) is 13.7 Å². The summed E-state index contributed by atoms with van der Waals surface area (Å²) < 4.78 is 1.79. The van der Waals surface area contributed by atoms with Crippen LogP contribution in [-0.4, -0.2) is 45.4 Å². The van der Waals surface area contributed by atoms with Gasteiger partial charge in [-0.15, -0.1) is 11.3 Å². The summed E-state index contributed by atoms with van der Waals surface area (Å²) in [6.45, 7) is 1.71. The van der Waals surface area contributed by atoms with Gasteiger partial charge in [0.15, 0.2) is 5.69 Å². The number of para-hydroxylation sites is 1. The van der Waals surface area contributed by atoms with Crippen LogP contribution in [0.25, 0.3) is 16.3 Å². The van der Waals surface area contributed by atoms with Gasteiger partial charge in [-0.05, 0) is 36.6 Å². The number of carbonyl (C=O) groups excluding carboxylic acids is 1. The van der Waals surface area contributed by atoms with E-state index in [1.54, 1.807) is 30.0 Å². The predicted molar refractivity (Wildman–Crippen MR) is 95.5 cm³/mol. The normalized spacial score (nSPS) is 12.1. The molecular weight excluding hydrogens is 322 g/mol. The molecule has 0 bridgehead atoms. The molecule has 0 spiro atoms. The van der Waals surface area contributed by atoms with Crippen molar-refractivity contribution in [3.8, 4) is 16.3 Å². The summed E-state index contributed by atoms with van der Waals surface area (Å²) in [6.07, 6.45) is 0. The van der Waals surface area contributed by atoms with Crippen molar-refractivity contribution in [3.63, 3.8) is 0 Å². The monoisotopic (exact) mass is 341 g/mol. The number of nitrogens with zero attached hydrogens (tertiary/aromatic N) is 3. The fourth-order valence-electron chi connectivity index (χ4n) is 2.35. The van der Waals surface area contributed by atoms with Crippen LogP contribution in [0.3, 0.4) is 0 Å². The van der Waals surface area contributed by atoms with E-state index in [1.165, 1.54) is 4.90 Å². The molecule has 0 aliphatic heterocycles. The quantitative estimate of drug-likeness (QED) is 0.776. The number of rotatable bonds is 5. The van der Waals surface area contributed by atoms with Crippen molar-refractivity contribution in [2.24, 2.45) is 0 Å². The predicted octanol–water partition coefficient (Wildman–Crippen LogP) is 3.05. The lowest BCUT2D eigenvalue weighted by Crippen LogP contribution is -2.37. The molecule has 3 aromatic rings. The van der Waals surface area contributed by atoms with Gasteiger partial charge >= 0.3 is 0 Å². The lowest BCUT2D eigenvalue weighted by molar-refractivity contribution is 0.0676. The number of thiophene rings is 1. The van der Waals surface area contributed by atoms with Gasteiger partial charge in [0.25, 0.3) is 5.91 Å². The number of hydrogen-bond acceptors (Lipinski definition) is 4. The summed E-state index contributed by atoms with van der Waals surface area (Å²) in [5, 5.41) is 15.8. The van der Waals surface area contributed by atoms with Crippen LogP contribution in [0.4, 0.5) is 0 Å². The number of hydrogen-bond donors (Lipinski definition) is 1. The van der Waals surface area contributed by atoms with Crippen molar-refractivity contribution in [1.82, 2.24) is 14.7 Å². The van der Waals surface area contributed by atoms with Crippen LogP contribution in [0.2, 0.25) is 0 Å². The highest BCUT2D eigenvalue weighted by Gasteiger charge is 2.22. The Labute approximate surface area is 144 Å². The number of likely N-dealkylation sites (N-methyl/N-ethyl adjacent to an activating group) is 1. The highest BCUT2D eigenvalue weighted by Crippen LogP contribution is 2.28. The van der Waals surface area contributed by atoms with Crippen molar-refractivity contribution >= 4 is 17.2 Å². The van der Waals surface area contributed by atoms with Gasteiger partial charge in [0.1, 0.15) is 0 Å². The molecule has 0 radical (unpaired) electrons. The molecule has 1 amide bonds. The average Bonchev–Trinajstić information content (AvgIpc) is 3.29. The number of aliphatic hydroxyl groups excluding tert-OH is 1. The van der Waals surface area contributed by atoms with E-state index in [0.29, 0.717) is 5.69 Å². The van der Waals surface area contributed by atoms with E-state index >= 15 is 0 Å². The molecule has 2 aromatic heterocycles. The topological polar surface area (TPSA) is 58.4 Å². The molecule has 0 aliphatic carbocycles. The lowest BCUT2D eigenvalue weighted by Gasteiger charge is -2.21. The Balaban J connectivity index is 2.06. The third-order valence-corrected chi connectivity index (χ3v) is 4.84. The van der Waals surface area contributed by atoms with Crippen molar-refractivity contribution in [1.29, 1.82) is 0 Å². The van der Waals surface area contributed by atoms with Crippen molar-refractivity contribution in [2.45, 2.75) is 13.0 Å². The Bertz CT molecular complexity index is 812. The summed E-state index contributed by atoms with van der Waals surface area (Å²) in [4.78, 5) is 15.2. The van der Waals surface area contributed by atoms with Gasteiger partial charge < -0.3 is 10.0 Å². The maximum Gasteiger partial charge on any atom is 0.274 e. The second kappa shape index (κ2) is 6.98. The molecule has 3 rings (SSSR count). The zero-order valence-electron chi connectivity index (χ0n) is 13.6. The van der Waals surface area contributed by atoms with Crippen LogP contribution in [0.5, 0.6) is 0 Å². The third kappa shape index (κ3) is 3.11. The van der Waals surface area contributed by atoms with Gasteiger partial charge in [-0.25, -0.2) is 4.68 Å². The van der Waals surface area contributed by atoms with E-state index in [1.807, 2.05) is 53.9 Å². The number of benzene rings is 1. The number of aromatic nitrogens is 2. The van der Waals surface area contributed by atoms with Gasteiger partial charge in [0, 0.05) is 7.05 Å². The zero-order chi connectivity index (χ0) is 17.1. The van der Waals surface area contributed by atoms with Gasteiger partial charge in [0.2, 0.25) is 0 Å². The average molecular weight is 341 g/mol. The molecule has 1 aromatic carbocycles. The molecule has 1 atom stereocenters. The summed E-state index contributed by atoms with van der Waals surface area (Å²) >= 11 is 1.60. The van der Waals surface area contributed by atoms with Crippen molar-refractivity contribution in [3.05, 3.63) is 59.6 Å². The van der Waals surface area contributed by atoms with Gasteiger partial charge in [0.05, 0.1) is 28.9 Å². The maximum atomic E-state index is 12.7. The van der Waals surface area contributed by atoms with Crippen molar-refractivity contribution < 1.29 is 9.90 Å². The van der Waals surface area contributed by atoms with E-state index in [0.717, 1.165) is 16.3 Å². The smallest absolute Gasteiger partial charge is 0.274 e. The molecule has 2 heterocycles. The van der Waals surface area contributed by atoms with Gasteiger partial charge in [-0.1, -0.05) is 24.3 Å². The Kier molecular flexibility index (Phi) is 4.78. The lowest BCUT2D eigenvalue weighted by atomic mass is 10.2. The maximum absolute atomic E-state index is 12.7. The molecule has 124 valence electrons. The minimum Gasteiger partial charge on any atom is -0.394 e. The second-order valence-electron chi connectivity index (χ2n) is 5.59. The SMILES string of the molecule is CC(CO)N(C)C(=O)c1cc(-c2cccs2)n(-c2ccccc2)n1. The van der Waals surface area contributed by atoms with Crippen LogP contribution in [-0.2, 0) is 0 Å². The largest absolute Gasteiger partial charge is 0.394 e. The minimum absolute atomic E-state index is 0.0839. The van der Waals surface area contributed by atoms with Crippen LogP contribution in [0, 0.1) is 0 Å². The standard InChI is InChI=1S/C18H19N3O2S/c1-13(12-22)20(2)18(23)15-11-16(17-9-6-10-24-17)21(19-15)14-7-4-3-5-8-14/h3-11,13,22H,12H2,1-2H3. The molecule has 1 N–H and O–H groups in total. The Morgan fingerprint density at radius 2 is 2.04 bits per heavy atom. The van der Waals surface area contributed by atoms with E-state index < -0.39 is 0 Å². The fourth-order valence-corrected chi connectivity index (χ4v) is 3.08. The second-order valence-corrected chi connectivity index (χ2v) is 6.53.